The lowest BCUT2D eigenvalue weighted by Crippen LogP contribution is -2.21. The van der Waals surface area contributed by atoms with E-state index in [1.807, 2.05) is 36.4 Å². The van der Waals surface area contributed by atoms with Crippen molar-refractivity contribution in [3.63, 3.8) is 0 Å². The fourth-order valence-corrected chi connectivity index (χ4v) is 2.64. The van der Waals surface area contributed by atoms with Crippen LogP contribution in [0.4, 0.5) is 5.69 Å². The summed E-state index contributed by atoms with van der Waals surface area (Å²) in [5.74, 6) is 0. The second-order valence-corrected chi connectivity index (χ2v) is 5.30. The van der Waals surface area contributed by atoms with Crippen molar-refractivity contribution < 1.29 is 0 Å². The monoisotopic (exact) mass is 297 g/mol. The number of nitrogens with one attached hydrogen (secondary N) is 1. The zero-order chi connectivity index (χ0) is 14.7. The van der Waals surface area contributed by atoms with E-state index in [0.717, 1.165) is 22.2 Å². The minimum absolute atomic E-state index is 0.0120. The third-order valence-corrected chi connectivity index (χ3v) is 3.68. The highest BCUT2D eigenvalue weighted by molar-refractivity contribution is 6.30. The molecule has 0 fully saturated rings. The maximum atomic E-state index is 6.03. The second kappa shape index (κ2) is 6.12. The molecule has 0 aliphatic carbocycles. The average molecular weight is 298 g/mol. The van der Waals surface area contributed by atoms with Gasteiger partial charge in [-0.3, -0.25) is 4.98 Å². The lowest BCUT2D eigenvalue weighted by Gasteiger charge is -2.20. The van der Waals surface area contributed by atoms with Gasteiger partial charge in [0, 0.05) is 34.4 Å². The first-order valence-corrected chi connectivity index (χ1v) is 7.21. The van der Waals surface area contributed by atoms with Crippen LogP contribution >= 0.6 is 11.6 Å². The minimum Gasteiger partial charge on any atom is -0.377 e. The number of rotatable bonds is 4. The molecule has 0 amide bonds. The summed E-state index contributed by atoms with van der Waals surface area (Å²) in [5, 5.41) is 5.24. The Bertz CT molecular complexity index is 752. The molecular weight excluding hydrogens is 282 g/mol. The van der Waals surface area contributed by atoms with Gasteiger partial charge in [0.2, 0.25) is 0 Å². The standard InChI is InChI=1S/C17H16ClN3/c18-13-6-2-7-14(10-13)21-16(11-19)15-8-1-4-12-5-3-9-20-17(12)15/h1-10,16,21H,11,19H2. The van der Waals surface area contributed by atoms with Crippen LogP contribution in [0.2, 0.25) is 5.02 Å². The van der Waals surface area contributed by atoms with Crippen LogP contribution < -0.4 is 11.1 Å². The van der Waals surface area contributed by atoms with E-state index >= 15 is 0 Å². The number of benzene rings is 2. The zero-order valence-corrected chi connectivity index (χ0v) is 12.2. The number of aromatic nitrogens is 1. The number of anilines is 1. The summed E-state index contributed by atoms with van der Waals surface area (Å²) in [7, 11) is 0. The largest absolute Gasteiger partial charge is 0.377 e. The van der Waals surface area contributed by atoms with Gasteiger partial charge in [0.25, 0.3) is 0 Å². The Hall–Kier alpha value is -2.10. The van der Waals surface area contributed by atoms with E-state index in [2.05, 4.69) is 28.5 Å². The number of para-hydroxylation sites is 1. The van der Waals surface area contributed by atoms with Gasteiger partial charge in [-0.15, -0.1) is 0 Å². The summed E-state index contributed by atoms with van der Waals surface area (Å²) < 4.78 is 0. The smallest absolute Gasteiger partial charge is 0.0755 e. The van der Waals surface area contributed by atoms with Gasteiger partial charge in [0.15, 0.2) is 0 Å². The second-order valence-electron chi connectivity index (χ2n) is 4.87. The van der Waals surface area contributed by atoms with Crippen molar-refractivity contribution in [2.24, 2.45) is 5.73 Å². The highest BCUT2D eigenvalue weighted by Crippen LogP contribution is 2.26. The van der Waals surface area contributed by atoms with Gasteiger partial charge in [-0.05, 0) is 24.3 Å². The van der Waals surface area contributed by atoms with E-state index in [1.54, 1.807) is 6.20 Å². The quantitative estimate of drug-likeness (QED) is 0.765. The molecule has 3 aromatic rings. The molecule has 0 saturated carbocycles. The molecule has 1 atom stereocenters. The fourth-order valence-electron chi connectivity index (χ4n) is 2.45. The number of hydrogen-bond donors (Lipinski definition) is 2. The summed E-state index contributed by atoms with van der Waals surface area (Å²) in [6, 6.07) is 17.8. The van der Waals surface area contributed by atoms with Crippen molar-refractivity contribution >= 4 is 28.2 Å². The van der Waals surface area contributed by atoms with Gasteiger partial charge >= 0.3 is 0 Å². The van der Waals surface area contributed by atoms with Gasteiger partial charge in [-0.25, -0.2) is 0 Å². The lowest BCUT2D eigenvalue weighted by atomic mass is 10.0. The van der Waals surface area contributed by atoms with Crippen LogP contribution in [0.1, 0.15) is 11.6 Å². The van der Waals surface area contributed by atoms with Gasteiger partial charge in [-0.2, -0.15) is 0 Å². The normalized spacial score (nSPS) is 12.3. The number of fused-ring (bicyclic) bond motifs is 1. The molecule has 21 heavy (non-hydrogen) atoms. The molecule has 0 aliphatic heterocycles. The first kappa shape index (κ1) is 13.9. The maximum absolute atomic E-state index is 6.03. The van der Waals surface area contributed by atoms with Crippen molar-refractivity contribution in [3.05, 3.63) is 71.4 Å². The van der Waals surface area contributed by atoms with E-state index in [1.165, 1.54) is 0 Å². The first-order valence-electron chi connectivity index (χ1n) is 6.84. The van der Waals surface area contributed by atoms with E-state index < -0.39 is 0 Å². The molecule has 2 aromatic carbocycles. The van der Waals surface area contributed by atoms with Crippen LogP contribution in [0.5, 0.6) is 0 Å². The van der Waals surface area contributed by atoms with Crippen LogP contribution in [-0.4, -0.2) is 11.5 Å². The predicted octanol–water partition coefficient (Wildman–Crippen LogP) is 4.00. The number of nitrogens with two attached hydrogens (primary N) is 1. The highest BCUT2D eigenvalue weighted by atomic mass is 35.5. The van der Waals surface area contributed by atoms with Crippen LogP contribution in [-0.2, 0) is 0 Å². The third kappa shape index (κ3) is 2.99. The summed E-state index contributed by atoms with van der Waals surface area (Å²) in [6.07, 6.45) is 1.80. The molecule has 3 N–H and O–H groups in total. The number of nitrogens with zero attached hydrogens (tertiary/aromatic N) is 1. The topological polar surface area (TPSA) is 50.9 Å². The summed E-state index contributed by atoms with van der Waals surface area (Å²) >= 11 is 6.03. The Morgan fingerprint density at radius 3 is 2.71 bits per heavy atom. The van der Waals surface area contributed by atoms with Gasteiger partial charge in [0.05, 0.1) is 11.6 Å². The van der Waals surface area contributed by atoms with Crippen LogP contribution in [0.25, 0.3) is 10.9 Å². The molecule has 0 radical (unpaired) electrons. The maximum Gasteiger partial charge on any atom is 0.0755 e. The Morgan fingerprint density at radius 2 is 1.90 bits per heavy atom. The Balaban J connectivity index is 1.98. The molecule has 1 unspecified atom stereocenters. The summed E-state index contributed by atoms with van der Waals surface area (Å²) in [4.78, 5) is 4.49. The minimum atomic E-state index is -0.0120. The third-order valence-electron chi connectivity index (χ3n) is 3.44. The Labute approximate surface area is 128 Å². The SMILES string of the molecule is NCC(Nc1cccc(Cl)c1)c1cccc2cccnc12. The number of halogens is 1. The molecule has 0 aliphatic rings. The molecule has 1 aromatic heterocycles. The molecule has 3 rings (SSSR count). The first-order chi connectivity index (χ1) is 10.3. The lowest BCUT2D eigenvalue weighted by molar-refractivity contribution is 0.794. The average Bonchev–Trinajstić information content (AvgIpc) is 2.52. The molecule has 3 nitrogen and oxygen atoms in total. The van der Waals surface area contributed by atoms with Gasteiger partial charge < -0.3 is 11.1 Å². The van der Waals surface area contributed by atoms with Gasteiger partial charge in [0.1, 0.15) is 0 Å². The zero-order valence-electron chi connectivity index (χ0n) is 11.5. The highest BCUT2D eigenvalue weighted by Gasteiger charge is 2.13. The van der Waals surface area contributed by atoms with Gasteiger partial charge in [-0.1, -0.05) is 41.9 Å². The molecule has 106 valence electrons. The van der Waals surface area contributed by atoms with Crippen molar-refractivity contribution in [2.45, 2.75) is 6.04 Å². The molecular formula is C17H16ClN3. The van der Waals surface area contributed by atoms with E-state index in [-0.39, 0.29) is 6.04 Å². The predicted molar refractivity (Wildman–Crippen MR) is 88.6 cm³/mol. The molecule has 0 spiro atoms. The van der Waals surface area contributed by atoms with Crippen LogP contribution in [0.3, 0.4) is 0 Å². The number of pyridine rings is 1. The Morgan fingerprint density at radius 1 is 1.10 bits per heavy atom. The summed E-state index contributed by atoms with van der Waals surface area (Å²) in [5.41, 5.74) is 8.98. The molecule has 0 saturated heterocycles. The van der Waals surface area contributed by atoms with E-state index in [4.69, 9.17) is 17.3 Å². The molecule has 1 heterocycles. The van der Waals surface area contributed by atoms with Crippen molar-refractivity contribution in [3.8, 4) is 0 Å². The van der Waals surface area contributed by atoms with Crippen molar-refractivity contribution in [1.82, 2.24) is 4.98 Å². The van der Waals surface area contributed by atoms with Crippen molar-refractivity contribution in [2.75, 3.05) is 11.9 Å². The molecule has 4 heteroatoms. The molecule has 0 bridgehead atoms. The number of hydrogen-bond acceptors (Lipinski definition) is 3. The van der Waals surface area contributed by atoms with E-state index in [0.29, 0.717) is 11.6 Å². The van der Waals surface area contributed by atoms with Crippen LogP contribution in [0, 0.1) is 0 Å². The van der Waals surface area contributed by atoms with Crippen LogP contribution in [0.15, 0.2) is 60.8 Å². The fraction of sp³-hybridized carbons (Fsp3) is 0.118. The van der Waals surface area contributed by atoms with Crippen molar-refractivity contribution in [1.29, 1.82) is 0 Å². The Kier molecular flexibility index (Phi) is 4.04. The summed E-state index contributed by atoms with van der Waals surface area (Å²) in [6.45, 7) is 0.474. The van der Waals surface area contributed by atoms with E-state index in [9.17, 15) is 0 Å².